The van der Waals surface area contributed by atoms with Crippen LogP contribution in [0.1, 0.15) is 19.5 Å². The summed E-state index contributed by atoms with van der Waals surface area (Å²) >= 11 is 7.30. The van der Waals surface area contributed by atoms with Gasteiger partial charge in [-0.1, -0.05) is 11.6 Å². The molecule has 0 aliphatic carbocycles. The summed E-state index contributed by atoms with van der Waals surface area (Å²) in [7, 11) is 0. The molecule has 0 saturated heterocycles. The Morgan fingerprint density at radius 2 is 2.08 bits per heavy atom. The third-order valence-electron chi connectivity index (χ3n) is 3.33. The first-order chi connectivity index (χ1) is 11.6. The first-order valence-corrected chi connectivity index (χ1v) is 8.59. The lowest BCUT2D eigenvalue weighted by molar-refractivity contribution is -0.116. The van der Waals surface area contributed by atoms with E-state index in [0.29, 0.717) is 29.1 Å². The summed E-state index contributed by atoms with van der Waals surface area (Å²) in [5.74, 6) is 0.503. The minimum atomic E-state index is -0.0256. The molecule has 2 heterocycles. The molecule has 0 aliphatic rings. The summed E-state index contributed by atoms with van der Waals surface area (Å²) in [6.07, 6.45) is 0. The molecule has 9 heteroatoms. The standard InChI is InChI=1S/C15H15ClN6OS/c1-3-21(10(2)23)15-17-13(9-24-15)8-22-19-14(18-20-22)11-4-6-12(16)7-5-11/h4-7,9H,3,8H2,1-2H3. The van der Waals surface area contributed by atoms with Crippen LogP contribution in [-0.4, -0.2) is 37.6 Å². The van der Waals surface area contributed by atoms with Gasteiger partial charge in [-0.25, -0.2) is 4.98 Å². The number of halogens is 1. The molecule has 3 aromatic rings. The lowest BCUT2D eigenvalue weighted by atomic mass is 10.2. The summed E-state index contributed by atoms with van der Waals surface area (Å²) < 4.78 is 0. The Morgan fingerprint density at radius 3 is 2.75 bits per heavy atom. The van der Waals surface area contributed by atoms with Gasteiger partial charge in [0.15, 0.2) is 5.13 Å². The maximum atomic E-state index is 11.6. The second kappa shape index (κ2) is 7.06. The van der Waals surface area contributed by atoms with Crippen LogP contribution >= 0.6 is 22.9 Å². The predicted octanol–water partition coefficient (Wildman–Crippen LogP) is 2.87. The van der Waals surface area contributed by atoms with E-state index in [1.54, 1.807) is 17.0 Å². The van der Waals surface area contributed by atoms with Gasteiger partial charge in [0.05, 0.1) is 5.69 Å². The van der Waals surface area contributed by atoms with E-state index in [4.69, 9.17) is 11.6 Å². The second-order valence-electron chi connectivity index (χ2n) is 5.04. The molecule has 0 bridgehead atoms. The highest BCUT2D eigenvalue weighted by Crippen LogP contribution is 2.21. The number of rotatable bonds is 5. The van der Waals surface area contributed by atoms with Gasteiger partial charge >= 0.3 is 0 Å². The van der Waals surface area contributed by atoms with E-state index in [9.17, 15) is 4.79 Å². The number of hydrogen-bond donors (Lipinski definition) is 0. The van der Waals surface area contributed by atoms with Crippen molar-refractivity contribution in [1.29, 1.82) is 0 Å². The van der Waals surface area contributed by atoms with Crippen LogP contribution in [0.5, 0.6) is 0 Å². The molecule has 124 valence electrons. The van der Waals surface area contributed by atoms with Crippen LogP contribution in [0.25, 0.3) is 11.4 Å². The molecule has 24 heavy (non-hydrogen) atoms. The smallest absolute Gasteiger partial charge is 0.225 e. The van der Waals surface area contributed by atoms with E-state index < -0.39 is 0 Å². The Morgan fingerprint density at radius 1 is 1.33 bits per heavy atom. The minimum Gasteiger partial charge on any atom is -0.289 e. The van der Waals surface area contributed by atoms with Gasteiger partial charge in [-0.3, -0.25) is 9.69 Å². The number of anilines is 1. The number of amides is 1. The molecule has 0 saturated carbocycles. The number of nitrogens with zero attached hydrogens (tertiary/aromatic N) is 6. The van der Waals surface area contributed by atoms with Crippen LogP contribution in [0.2, 0.25) is 5.02 Å². The van der Waals surface area contributed by atoms with Crippen molar-refractivity contribution in [3.63, 3.8) is 0 Å². The number of carbonyl (C=O) groups is 1. The highest BCUT2D eigenvalue weighted by molar-refractivity contribution is 7.14. The zero-order valence-electron chi connectivity index (χ0n) is 13.2. The molecule has 3 rings (SSSR count). The molecule has 2 aromatic heterocycles. The van der Waals surface area contributed by atoms with E-state index in [1.807, 2.05) is 24.4 Å². The van der Waals surface area contributed by atoms with Crippen molar-refractivity contribution in [3.05, 3.63) is 40.4 Å². The van der Waals surface area contributed by atoms with Gasteiger partial charge < -0.3 is 0 Å². The Bertz CT molecular complexity index is 844. The number of carbonyl (C=O) groups excluding carboxylic acids is 1. The topological polar surface area (TPSA) is 76.8 Å². The zero-order chi connectivity index (χ0) is 17.1. The normalized spacial score (nSPS) is 10.8. The van der Waals surface area contributed by atoms with Crippen molar-refractivity contribution in [3.8, 4) is 11.4 Å². The zero-order valence-corrected chi connectivity index (χ0v) is 14.8. The highest BCUT2D eigenvalue weighted by atomic mass is 35.5. The van der Waals surface area contributed by atoms with Crippen LogP contribution < -0.4 is 4.90 Å². The molecule has 0 spiro atoms. The molecule has 0 N–H and O–H groups in total. The molecule has 0 fully saturated rings. The first kappa shape index (κ1) is 16.5. The van der Waals surface area contributed by atoms with Crippen molar-refractivity contribution in [2.75, 3.05) is 11.4 Å². The second-order valence-corrected chi connectivity index (χ2v) is 6.31. The van der Waals surface area contributed by atoms with Gasteiger partial charge in [0.1, 0.15) is 6.54 Å². The van der Waals surface area contributed by atoms with Gasteiger partial charge in [-0.05, 0) is 36.4 Å². The van der Waals surface area contributed by atoms with E-state index in [1.165, 1.54) is 23.1 Å². The summed E-state index contributed by atoms with van der Waals surface area (Å²) in [5.41, 5.74) is 1.63. The number of aromatic nitrogens is 5. The number of hydrogen-bond acceptors (Lipinski definition) is 6. The van der Waals surface area contributed by atoms with Crippen LogP contribution in [0, 0.1) is 0 Å². The number of tetrazole rings is 1. The summed E-state index contributed by atoms with van der Waals surface area (Å²) in [5, 5.41) is 15.7. The van der Waals surface area contributed by atoms with E-state index in [-0.39, 0.29) is 5.91 Å². The molecule has 1 amide bonds. The summed E-state index contributed by atoms with van der Waals surface area (Å²) in [6.45, 7) is 4.43. The van der Waals surface area contributed by atoms with Crippen molar-refractivity contribution < 1.29 is 4.79 Å². The number of thiazole rings is 1. The Hall–Kier alpha value is -2.32. The largest absolute Gasteiger partial charge is 0.289 e. The van der Waals surface area contributed by atoms with Gasteiger partial charge in [-0.2, -0.15) is 4.80 Å². The highest BCUT2D eigenvalue weighted by Gasteiger charge is 2.14. The molecule has 1 aromatic carbocycles. The predicted molar refractivity (Wildman–Crippen MR) is 93.2 cm³/mol. The third kappa shape index (κ3) is 3.60. The van der Waals surface area contributed by atoms with Crippen molar-refractivity contribution in [2.45, 2.75) is 20.4 Å². The van der Waals surface area contributed by atoms with Crippen molar-refractivity contribution in [2.24, 2.45) is 0 Å². The molecular formula is C15H15ClN6OS. The maximum Gasteiger partial charge on any atom is 0.225 e. The monoisotopic (exact) mass is 362 g/mol. The lowest BCUT2D eigenvalue weighted by Crippen LogP contribution is -2.27. The average Bonchev–Trinajstić information content (AvgIpc) is 3.19. The van der Waals surface area contributed by atoms with E-state index >= 15 is 0 Å². The molecule has 0 radical (unpaired) electrons. The van der Waals surface area contributed by atoms with Crippen molar-refractivity contribution in [1.82, 2.24) is 25.2 Å². The minimum absolute atomic E-state index is 0.0256. The first-order valence-electron chi connectivity index (χ1n) is 7.33. The fraction of sp³-hybridized carbons (Fsp3) is 0.267. The molecule has 7 nitrogen and oxygen atoms in total. The summed E-state index contributed by atoms with van der Waals surface area (Å²) in [4.78, 5) is 19.1. The SMILES string of the molecule is CCN(C(C)=O)c1nc(Cn2nnc(-c3ccc(Cl)cc3)n2)cs1. The van der Waals surface area contributed by atoms with Crippen LogP contribution in [0.4, 0.5) is 5.13 Å². The van der Waals surface area contributed by atoms with Gasteiger partial charge in [0.25, 0.3) is 0 Å². The van der Waals surface area contributed by atoms with Gasteiger partial charge in [0, 0.05) is 29.4 Å². The van der Waals surface area contributed by atoms with Crippen molar-refractivity contribution >= 4 is 34.0 Å². The number of benzene rings is 1. The fourth-order valence-corrected chi connectivity index (χ4v) is 3.20. The van der Waals surface area contributed by atoms with Gasteiger partial charge in [-0.15, -0.1) is 21.5 Å². The lowest BCUT2D eigenvalue weighted by Gasteiger charge is -2.14. The Labute approximate surface area is 147 Å². The van der Waals surface area contributed by atoms with Crippen LogP contribution in [0.3, 0.4) is 0 Å². The average molecular weight is 363 g/mol. The van der Waals surface area contributed by atoms with Crippen LogP contribution in [0.15, 0.2) is 29.6 Å². The molecule has 0 aliphatic heterocycles. The Balaban J connectivity index is 1.74. The third-order valence-corrected chi connectivity index (χ3v) is 4.49. The fourth-order valence-electron chi connectivity index (χ4n) is 2.16. The summed E-state index contributed by atoms with van der Waals surface area (Å²) in [6, 6.07) is 7.25. The van der Waals surface area contributed by atoms with E-state index in [2.05, 4.69) is 20.4 Å². The Kier molecular flexibility index (Phi) is 4.86. The maximum absolute atomic E-state index is 11.6. The molecule has 0 atom stereocenters. The molecule has 0 unspecified atom stereocenters. The quantitative estimate of drug-likeness (QED) is 0.697. The molecular weight excluding hydrogens is 348 g/mol. The van der Waals surface area contributed by atoms with E-state index in [0.717, 1.165) is 11.3 Å². The van der Waals surface area contributed by atoms with Crippen LogP contribution in [-0.2, 0) is 11.3 Å². The van der Waals surface area contributed by atoms with Gasteiger partial charge in [0.2, 0.25) is 11.7 Å².